The number of carboxylic acid groups (broad SMARTS) is 1. The van der Waals surface area contributed by atoms with Crippen LogP contribution in [0.25, 0.3) is 28.0 Å². The lowest BCUT2D eigenvalue weighted by atomic mass is 9.97. The van der Waals surface area contributed by atoms with Crippen molar-refractivity contribution in [3.63, 3.8) is 0 Å². The van der Waals surface area contributed by atoms with E-state index in [0.717, 1.165) is 17.2 Å². The predicted octanol–water partition coefficient (Wildman–Crippen LogP) is 7.39. The maximum atomic E-state index is 14.4. The van der Waals surface area contributed by atoms with Crippen LogP contribution in [0.4, 0.5) is 4.39 Å². The van der Waals surface area contributed by atoms with Crippen LogP contribution in [0.5, 0.6) is 23.0 Å². The van der Waals surface area contributed by atoms with Gasteiger partial charge in [-0.15, -0.1) is 0 Å². The maximum Gasteiger partial charge on any atom is 0.328 e. The van der Waals surface area contributed by atoms with Gasteiger partial charge in [0.1, 0.15) is 52.7 Å². The van der Waals surface area contributed by atoms with Gasteiger partial charge in [0.05, 0.1) is 18.1 Å². The van der Waals surface area contributed by atoms with Crippen molar-refractivity contribution in [2.45, 2.75) is 46.3 Å². The number of allylic oxidation sites excluding steroid dienone is 2. The molecule has 8 nitrogen and oxygen atoms in total. The number of aliphatic carboxylic acids is 1. The molecule has 0 saturated carbocycles. The van der Waals surface area contributed by atoms with E-state index in [9.17, 15) is 14.0 Å². The third-order valence-electron chi connectivity index (χ3n) is 7.06. The highest BCUT2D eigenvalue weighted by atomic mass is 19.1. The molecule has 4 aromatic rings. The largest absolute Gasteiger partial charge is 0.493 e. The summed E-state index contributed by atoms with van der Waals surface area (Å²) in [5.74, 6) is -0.0518. The lowest BCUT2D eigenvalue weighted by Crippen LogP contribution is -2.27. The lowest BCUT2D eigenvalue weighted by molar-refractivity contribution is -0.131. The summed E-state index contributed by atoms with van der Waals surface area (Å²) in [6, 6.07) is 9.26. The number of methoxy groups -OCH3 is 1. The maximum absolute atomic E-state index is 14.4. The number of carbonyl (C=O) groups is 1. The molecule has 0 spiro atoms. The number of ether oxygens (including phenoxy) is 4. The molecule has 0 bridgehead atoms. The number of benzene rings is 3. The standard InChI is InChI=1S/C35H33FO8/c1-20(2)8-13-24-30-26(18-28(33(24)40-5)42-19-21-9-11-22(36)12-10-21)43-27-17-25-23(14-15-35(3,4)44-25)34(31(27)32(30)39)41-16-6-7-29(37)38/h6-12,14-15,17-18H,13,16,19H2,1-5H3,(H,37,38)/b7-6+. The fraction of sp³-hybridized carbons (Fsp3) is 0.257. The molecule has 0 amide bonds. The molecule has 1 aromatic heterocycles. The zero-order valence-corrected chi connectivity index (χ0v) is 25.2. The Morgan fingerprint density at radius 1 is 1.05 bits per heavy atom. The molecule has 0 aliphatic carbocycles. The normalized spacial score (nSPS) is 13.5. The number of hydrogen-bond donors (Lipinski definition) is 1. The molecule has 0 fully saturated rings. The van der Waals surface area contributed by atoms with Crippen LogP contribution in [-0.4, -0.2) is 30.4 Å². The average Bonchev–Trinajstić information content (AvgIpc) is 2.96. The Hall–Kier alpha value is -5.05. The summed E-state index contributed by atoms with van der Waals surface area (Å²) >= 11 is 0. The van der Waals surface area contributed by atoms with Crippen LogP contribution in [0.1, 0.15) is 44.4 Å². The second-order valence-corrected chi connectivity index (χ2v) is 11.2. The first-order valence-electron chi connectivity index (χ1n) is 14.1. The zero-order chi connectivity index (χ0) is 31.6. The topological polar surface area (TPSA) is 104 Å². The predicted molar refractivity (Wildman–Crippen MR) is 166 cm³/mol. The van der Waals surface area contributed by atoms with Crippen molar-refractivity contribution in [1.82, 2.24) is 0 Å². The minimum Gasteiger partial charge on any atom is -0.493 e. The van der Waals surface area contributed by atoms with E-state index in [-0.39, 0.29) is 46.8 Å². The Morgan fingerprint density at radius 2 is 1.77 bits per heavy atom. The molecule has 5 rings (SSSR count). The van der Waals surface area contributed by atoms with Crippen LogP contribution in [0.3, 0.4) is 0 Å². The van der Waals surface area contributed by atoms with E-state index < -0.39 is 11.6 Å². The van der Waals surface area contributed by atoms with Gasteiger partial charge in [0, 0.05) is 23.8 Å². The summed E-state index contributed by atoms with van der Waals surface area (Å²) < 4.78 is 44.0. The van der Waals surface area contributed by atoms with Gasteiger partial charge < -0.3 is 28.5 Å². The molecule has 1 N–H and O–H groups in total. The van der Waals surface area contributed by atoms with Crippen molar-refractivity contribution >= 4 is 34.0 Å². The zero-order valence-electron chi connectivity index (χ0n) is 25.2. The Bertz CT molecular complexity index is 1890. The molecule has 0 atom stereocenters. The third-order valence-corrected chi connectivity index (χ3v) is 7.06. The van der Waals surface area contributed by atoms with Gasteiger partial charge in [-0.25, -0.2) is 9.18 Å². The number of fused-ring (bicyclic) bond motifs is 3. The van der Waals surface area contributed by atoms with E-state index in [4.69, 9.17) is 28.5 Å². The van der Waals surface area contributed by atoms with Crippen LogP contribution in [-0.2, 0) is 17.8 Å². The minimum atomic E-state index is -1.11. The van der Waals surface area contributed by atoms with Gasteiger partial charge in [0.2, 0.25) is 5.43 Å². The van der Waals surface area contributed by atoms with E-state index in [0.29, 0.717) is 40.2 Å². The van der Waals surface area contributed by atoms with Gasteiger partial charge in [0.15, 0.2) is 11.5 Å². The Kier molecular flexibility index (Phi) is 8.49. The van der Waals surface area contributed by atoms with Gasteiger partial charge in [-0.05, 0) is 70.0 Å². The van der Waals surface area contributed by atoms with Gasteiger partial charge in [-0.2, -0.15) is 0 Å². The summed E-state index contributed by atoms with van der Waals surface area (Å²) in [5, 5.41) is 9.51. The van der Waals surface area contributed by atoms with Gasteiger partial charge in [0.25, 0.3) is 0 Å². The lowest BCUT2D eigenvalue weighted by Gasteiger charge is -2.29. The molecule has 0 radical (unpaired) electrons. The van der Waals surface area contributed by atoms with E-state index in [1.807, 2.05) is 45.9 Å². The second-order valence-electron chi connectivity index (χ2n) is 11.2. The molecular formula is C35H33FO8. The smallest absolute Gasteiger partial charge is 0.328 e. The molecule has 1 aliphatic rings. The van der Waals surface area contributed by atoms with Gasteiger partial charge in [-0.1, -0.05) is 23.8 Å². The van der Waals surface area contributed by atoms with Crippen LogP contribution in [0, 0.1) is 5.82 Å². The van der Waals surface area contributed by atoms with E-state index in [1.54, 1.807) is 24.3 Å². The molecule has 0 unspecified atom stereocenters. The van der Waals surface area contributed by atoms with Crippen molar-refractivity contribution in [3.8, 4) is 23.0 Å². The quantitative estimate of drug-likeness (QED) is 0.114. The van der Waals surface area contributed by atoms with Crippen LogP contribution < -0.4 is 24.4 Å². The Balaban J connectivity index is 1.76. The van der Waals surface area contributed by atoms with Crippen molar-refractivity contribution in [1.29, 1.82) is 0 Å². The van der Waals surface area contributed by atoms with Crippen molar-refractivity contribution in [3.05, 3.63) is 99.0 Å². The summed E-state index contributed by atoms with van der Waals surface area (Å²) in [4.78, 5) is 25.5. The molecule has 3 aromatic carbocycles. The molecule has 9 heteroatoms. The monoisotopic (exact) mass is 600 g/mol. The Labute approximate surface area is 253 Å². The van der Waals surface area contributed by atoms with Crippen LogP contribution in [0.2, 0.25) is 0 Å². The molecule has 44 heavy (non-hydrogen) atoms. The first-order chi connectivity index (χ1) is 21.0. The van der Waals surface area contributed by atoms with Crippen molar-refractivity contribution < 1.29 is 37.7 Å². The fourth-order valence-electron chi connectivity index (χ4n) is 5.01. The first kappa shape index (κ1) is 30.4. The number of halogens is 1. The minimum absolute atomic E-state index is 0.101. The van der Waals surface area contributed by atoms with E-state index in [1.165, 1.54) is 25.3 Å². The van der Waals surface area contributed by atoms with Crippen molar-refractivity contribution in [2.24, 2.45) is 0 Å². The highest BCUT2D eigenvalue weighted by molar-refractivity contribution is 5.99. The van der Waals surface area contributed by atoms with E-state index >= 15 is 0 Å². The molecule has 1 aliphatic heterocycles. The van der Waals surface area contributed by atoms with Gasteiger partial charge >= 0.3 is 5.97 Å². The fourth-order valence-corrected chi connectivity index (χ4v) is 5.01. The number of hydrogen-bond acceptors (Lipinski definition) is 7. The van der Waals surface area contributed by atoms with Gasteiger partial charge in [-0.3, -0.25) is 4.79 Å². The van der Waals surface area contributed by atoms with Crippen LogP contribution >= 0.6 is 0 Å². The molecule has 0 saturated heterocycles. The first-order valence-corrected chi connectivity index (χ1v) is 14.1. The summed E-state index contributed by atoms with van der Waals surface area (Å²) in [6.45, 7) is 7.74. The average molecular weight is 601 g/mol. The molecular weight excluding hydrogens is 567 g/mol. The SMILES string of the molecule is COc1c(OCc2ccc(F)cc2)cc2oc3cc4c(c(OC/C=C/C(=O)O)c3c(=O)c2c1CC=C(C)C)C=CC(C)(C)O4. The Morgan fingerprint density at radius 3 is 2.45 bits per heavy atom. The molecule has 2 heterocycles. The summed E-state index contributed by atoms with van der Waals surface area (Å²) in [5.41, 5.74) is 2.44. The van der Waals surface area contributed by atoms with E-state index in [2.05, 4.69) is 0 Å². The highest BCUT2D eigenvalue weighted by Crippen LogP contribution is 2.44. The second kappa shape index (κ2) is 12.3. The highest BCUT2D eigenvalue weighted by Gasteiger charge is 2.29. The summed E-state index contributed by atoms with van der Waals surface area (Å²) in [6.07, 6.45) is 8.34. The number of carboxylic acids is 1. The molecule has 228 valence electrons. The van der Waals surface area contributed by atoms with Crippen LogP contribution in [0.15, 0.2) is 75.5 Å². The third kappa shape index (κ3) is 6.32. The number of rotatable bonds is 10. The van der Waals surface area contributed by atoms with Crippen molar-refractivity contribution in [2.75, 3.05) is 13.7 Å². The summed E-state index contributed by atoms with van der Waals surface area (Å²) in [7, 11) is 1.50.